The lowest BCUT2D eigenvalue weighted by Gasteiger charge is -2.07. The largest absolute Gasteiger partial charge is 0.452 e. The van der Waals surface area contributed by atoms with Gasteiger partial charge in [-0.25, -0.2) is 13.6 Å². The maximum absolute atomic E-state index is 13.5. The third kappa shape index (κ3) is 5.77. The number of rotatable bonds is 6. The molecule has 1 amide bonds. The predicted octanol–water partition coefficient (Wildman–Crippen LogP) is 5.18. The van der Waals surface area contributed by atoms with E-state index < -0.39 is 35.7 Å². The molecule has 0 saturated heterocycles. The number of amides is 1. The van der Waals surface area contributed by atoms with Crippen molar-refractivity contribution in [3.8, 4) is 0 Å². The van der Waals surface area contributed by atoms with Crippen LogP contribution in [-0.4, -0.2) is 18.5 Å². The molecule has 6 nitrogen and oxygen atoms in total. The van der Waals surface area contributed by atoms with Gasteiger partial charge in [0.05, 0.1) is 16.9 Å². The minimum absolute atomic E-state index is 0.452. The Hall–Kier alpha value is -3.94. The van der Waals surface area contributed by atoms with Crippen molar-refractivity contribution in [1.29, 1.82) is 0 Å². The van der Waals surface area contributed by atoms with Crippen LogP contribution in [0.5, 0.6) is 0 Å². The van der Waals surface area contributed by atoms with Crippen LogP contribution in [0.3, 0.4) is 0 Å². The topological polar surface area (TPSA) is 80.1 Å². The Morgan fingerprint density at radius 3 is 2.17 bits per heavy atom. The molecule has 0 aromatic heterocycles. The second-order valence-corrected chi connectivity index (χ2v) is 5.83. The van der Waals surface area contributed by atoms with E-state index in [4.69, 9.17) is 4.74 Å². The number of carbonyl (C=O) groups is 2. The first kappa shape index (κ1) is 19.8. The number of anilines is 1. The fourth-order valence-electron chi connectivity index (χ4n) is 2.28. The molecule has 0 aliphatic rings. The summed E-state index contributed by atoms with van der Waals surface area (Å²) in [6.45, 7) is -0.620. The SMILES string of the molecule is O=C(COC(=O)c1ccc(F)cc1F)Nc1ccc(N=Nc2ccccc2)cc1. The molecule has 146 valence electrons. The average Bonchev–Trinajstić information content (AvgIpc) is 2.72. The van der Waals surface area contributed by atoms with Gasteiger partial charge in [0.25, 0.3) is 5.91 Å². The standard InChI is InChI=1S/C21H15F2N3O3/c22-14-6-11-18(19(23)12-14)21(28)29-13-20(27)24-15-7-9-17(10-8-15)26-25-16-4-2-1-3-5-16/h1-12H,13H2,(H,24,27). The number of azo groups is 1. The molecule has 0 radical (unpaired) electrons. The van der Waals surface area contributed by atoms with Gasteiger partial charge in [0.2, 0.25) is 0 Å². The molecule has 0 bridgehead atoms. The molecule has 3 aromatic carbocycles. The second kappa shape index (κ2) is 9.32. The Balaban J connectivity index is 1.51. The van der Waals surface area contributed by atoms with E-state index in [1.165, 1.54) is 0 Å². The van der Waals surface area contributed by atoms with Crippen molar-refractivity contribution in [2.45, 2.75) is 0 Å². The van der Waals surface area contributed by atoms with Crippen molar-refractivity contribution in [3.05, 3.63) is 90.0 Å². The summed E-state index contributed by atoms with van der Waals surface area (Å²) in [4.78, 5) is 23.7. The number of hydrogen-bond donors (Lipinski definition) is 1. The number of ether oxygens (including phenoxy) is 1. The monoisotopic (exact) mass is 395 g/mol. The van der Waals surface area contributed by atoms with Gasteiger partial charge in [-0.05, 0) is 48.5 Å². The lowest BCUT2D eigenvalue weighted by molar-refractivity contribution is -0.119. The van der Waals surface area contributed by atoms with Crippen LogP contribution in [0.1, 0.15) is 10.4 Å². The van der Waals surface area contributed by atoms with Crippen LogP contribution >= 0.6 is 0 Å². The van der Waals surface area contributed by atoms with Crippen LogP contribution in [0.25, 0.3) is 0 Å². The van der Waals surface area contributed by atoms with E-state index in [0.29, 0.717) is 23.1 Å². The first-order valence-electron chi connectivity index (χ1n) is 8.50. The maximum atomic E-state index is 13.5. The van der Waals surface area contributed by atoms with Gasteiger partial charge in [0.15, 0.2) is 6.61 Å². The first-order chi connectivity index (χ1) is 14.0. The molecule has 0 atom stereocenters. The molecule has 0 aliphatic carbocycles. The number of nitrogens with one attached hydrogen (secondary N) is 1. The van der Waals surface area contributed by atoms with E-state index in [0.717, 1.165) is 12.1 Å². The van der Waals surface area contributed by atoms with Crippen molar-refractivity contribution in [3.63, 3.8) is 0 Å². The van der Waals surface area contributed by atoms with E-state index in [1.54, 1.807) is 24.3 Å². The number of halogens is 2. The zero-order valence-corrected chi connectivity index (χ0v) is 15.0. The lowest BCUT2D eigenvalue weighted by atomic mass is 10.2. The molecule has 3 rings (SSSR count). The highest BCUT2D eigenvalue weighted by Gasteiger charge is 2.15. The summed E-state index contributed by atoms with van der Waals surface area (Å²) < 4.78 is 31.1. The highest BCUT2D eigenvalue weighted by atomic mass is 19.1. The van der Waals surface area contributed by atoms with Crippen LogP contribution in [-0.2, 0) is 9.53 Å². The highest BCUT2D eigenvalue weighted by molar-refractivity contribution is 5.95. The first-order valence-corrected chi connectivity index (χ1v) is 8.50. The fraction of sp³-hybridized carbons (Fsp3) is 0.0476. The zero-order chi connectivity index (χ0) is 20.6. The van der Waals surface area contributed by atoms with Gasteiger partial charge < -0.3 is 10.1 Å². The minimum Gasteiger partial charge on any atom is -0.452 e. The Morgan fingerprint density at radius 2 is 1.52 bits per heavy atom. The predicted molar refractivity (Wildman–Crippen MR) is 102 cm³/mol. The molecule has 0 spiro atoms. The van der Waals surface area contributed by atoms with E-state index in [9.17, 15) is 18.4 Å². The molecule has 8 heteroatoms. The van der Waals surface area contributed by atoms with Crippen molar-refractivity contribution in [2.24, 2.45) is 10.2 Å². The molecule has 0 saturated carbocycles. The van der Waals surface area contributed by atoms with Gasteiger partial charge >= 0.3 is 5.97 Å². The van der Waals surface area contributed by atoms with E-state index in [1.807, 2.05) is 30.3 Å². The van der Waals surface area contributed by atoms with Crippen LogP contribution in [0.15, 0.2) is 83.0 Å². The summed E-state index contributed by atoms with van der Waals surface area (Å²) in [7, 11) is 0. The van der Waals surface area contributed by atoms with Gasteiger partial charge in [-0.2, -0.15) is 10.2 Å². The summed E-state index contributed by atoms with van der Waals surface area (Å²) in [6, 6.07) is 18.2. The van der Waals surface area contributed by atoms with E-state index in [2.05, 4.69) is 15.5 Å². The molecular weight excluding hydrogens is 380 g/mol. The zero-order valence-electron chi connectivity index (χ0n) is 15.0. The third-order valence-corrected chi connectivity index (χ3v) is 3.67. The number of esters is 1. The molecule has 0 unspecified atom stereocenters. The second-order valence-electron chi connectivity index (χ2n) is 5.83. The summed E-state index contributed by atoms with van der Waals surface area (Å²) in [6.07, 6.45) is 0. The quantitative estimate of drug-likeness (QED) is 0.462. The fourth-order valence-corrected chi connectivity index (χ4v) is 2.28. The molecule has 1 N–H and O–H groups in total. The summed E-state index contributed by atoms with van der Waals surface area (Å²) >= 11 is 0. The van der Waals surface area contributed by atoms with E-state index in [-0.39, 0.29) is 0 Å². The smallest absolute Gasteiger partial charge is 0.341 e. The van der Waals surface area contributed by atoms with E-state index >= 15 is 0 Å². The molecule has 0 heterocycles. The van der Waals surface area contributed by atoms with Gasteiger partial charge in [-0.15, -0.1) is 0 Å². The molecule has 29 heavy (non-hydrogen) atoms. The maximum Gasteiger partial charge on any atom is 0.341 e. The lowest BCUT2D eigenvalue weighted by Crippen LogP contribution is -2.21. The summed E-state index contributed by atoms with van der Waals surface area (Å²) in [5, 5.41) is 10.7. The molecule has 3 aromatic rings. The average molecular weight is 395 g/mol. The Labute approximate surface area is 164 Å². The Bertz CT molecular complexity index is 1040. The highest BCUT2D eigenvalue weighted by Crippen LogP contribution is 2.20. The number of hydrogen-bond acceptors (Lipinski definition) is 5. The van der Waals surface area contributed by atoms with Gasteiger partial charge in [0.1, 0.15) is 11.6 Å². The van der Waals surface area contributed by atoms with Crippen molar-refractivity contribution in [2.75, 3.05) is 11.9 Å². The Morgan fingerprint density at radius 1 is 0.862 bits per heavy atom. The van der Waals surface area contributed by atoms with Crippen LogP contribution < -0.4 is 5.32 Å². The molecule has 0 fully saturated rings. The van der Waals surface area contributed by atoms with Gasteiger partial charge in [-0.3, -0.25) is 4.79 Å². The van der Waals surface area contributed by atoms with Crippen molar-refractivity contribution in [1.82, 2.24) is 0 Å². The number of benzene rings is 3. The molecular formula is C21H15F2N3O3. The van der Waals surface area contributed by atoms with Crippen molar-refractivity contribution >= 4 is 28.9 Å². The summed E-state index contributed by atoms with van der Waals surface area (Å²) in [5.74, 6) is -3.55. The van der Waals surface area contributed by atoms with Crippen LogP contribution in [0, 0.1) is 11.6 Å². The minimum atomic E-state index is -1.06. The normalized spacial score (nSPS) is 10.7. The van der Waals surface area contributed by atoms with Crippen molar-refractivity contribution < 1.29 is 23.1 Å². The Kier molecular flexibility index (Phi) is 6.36. The molecule has 0 aliphatic heterocycles. The summed E-state index contributed by atoms with van der Waals surface area (Å²) in [5.41, 5.74) is 1.30. The number of carbonyl (C=O) groups excluding carboxylic acids is 2. The third-order valence-electron chi connectivity index (χ3n) is 3.67. The van der Waals surface area contributed by atoms with Crippen LogP contribution in [0.4, 0.5) is 25.8 Å². The van der Waals surface area contributed by atoms with Gasteiger partial charge in [0, 0.05) is 11.8 Å². The number of nitrogens with zero attached hydrogens (tertiary/aromatic N) is 2. The van der Waals surface area contributed by atoms with Crippen LogP contribution in [0.2, 0.25) is 0 Å². The van der Waals surface area contributed by atoms with Gasteiger partial charge in [-0.1, -0.05) is 18.2 Å².